The third-order valence-electron chi connectivity index (χ3n) is 4.31. The van der Waals surface area contributed by atoms with E-state index in [2.05, 4.69) is 18.8 Å². The van der Waals surface area contributed by atoms with Crippen molar-refractivity contribution in [3.05, 3.63) is 17.7 Å². The smallest absolute Gasteiger partial charge is 0.384 e. The highest BCUT2D eigenvalue weighted by Crippen LogP contribution is 2.37. The van der Waals surface area contributed by atoms with Gasteiger partial charge in [-0.2, -0.15) is 13.2 Å². The third kappa shape index (κ3) is 3.16. The highest BCUT2D eigenvalue weighted by Gasteiger charge is 2.33. The van der Waals surface area contributed by atoms with Crippen molar-refractivity contribution in [2.45, 2.75) is 39.3 Å². The maximum atomic E-state index is 12.8. The van der Waals surface area contributed by atoms with Crippen LogP contribution in [0.5, 0.6) is 0 Å². The lowest BCUT2D eigenvalue weighted by Gasteiger charge is -2.39. The molecule has 112 valence electrons. The number of halogens is 3. The number of rotatable bonds is 2. The molecule has 20 heavy (non-hydrogen) atoms. The van der Waals surface area contributed by atoms with Gasteiger partial charge in [-0.1, -0.05) is 20.3 Å². The minimum atomic E-state index is -4.39. The topological polar surface area (TPSA) is 42.1 Å². The molecule has 0 bridgehead atoms. The molecule has 0 aromatic carbocycles. The molecular weight excluding hydrogens is 267 g/mol. The van der Waals surface area contributed by atoms with E-state index < -0.39 is 11.7 Å². The maximum Gasteiger partial charge on any atom is 0.416 e. The minimum absolute atomic E-state index is 0.0846. The van der Waals surface area contributed by atoms with Crippen molar-refractivity contribution in [2.75, 3.05) is 23.7 Å². The van der Waals surface area contributed by atoms with E-state index in [1.165, 1.54) is 0 Å². The SMILES string of the molecule is CCC1(C)CCN(c2cc(C(F)(F)F)cc(N)n2)CC1. The van der Waals surface area contributed by atoms with Gasteiger partial charge in [0.15, 0.2) is 0 Å². The number of pyridine rings is 1. The summed E-state index contributed by atoms with van der Waals surface area (Å²) in [6.07, 6.45) is -1.39. The Bertz CT molecular complexity index is 477. The number of nitrogens with two attached hydrogens (primary N) is 1. The monoisotopic (exact) mass is 287 g/mol. The molecule has 1 aromatic heterocycles. The molecule has 0 spiro atoms. The molecule has 1 aliphatic heterocycles. The van der Waals surface area contributed by atoms with Gasteiger partial charge in [0, 0.05) is 13.1 Å². The molecule has 1 fully saturated rings. The third-order valence-corrected chi connectivity index (χ3v) is 4.31. The van der Waals surface area contributed by atoms with E-state index in [0.717, 1.165) is 44.5 Å². The van der Waals surface area contributed by atoms with Crippen LogP contribution in [0.2, 0.25) is 0 Å². The summed E-state index contributed by atoms with van der Waals surface area (Å²) in [6.45, 7) is 5.81. The number of piperidine rings is 1. The Hall–Kier alpha value is -1.46. The summed E-state index contributed by atoms with van der Waals surface area (Å²) in [4.78, 5) is 5.94. The van der Waals surface area contributed by atoms with E-state index in [1.807, 2.05) is 4.90 Å². The predicted molar refractivity (Wildman–Crippen MR) is 73.5 cm³/mol. The lowest BCUT2D eigenvalue weighted by atomic mass is 9.78. The number of anilines is 2. The van der Waals surface area contributed by atoms with Crippen molar-refractivity contribution >= 4 is 11.6 Å². The molecule has 1 saturated heterocycles. The van der Waals surface area contributed by atoms with Gasteiger partial charge in [0.1, 0.15) is 11.6 Å². The van der Waals surface area contributed by atoms with Gasteiger partial charge in [-0.25, -0.2) is 4.98 Å². The fourth-order valence-corrected chi connectivity index (χ4v) is 2.49. The Balaban J connectivity index is 2.20. The number of nitrogens with zero attached hydrogens (tertiary/aromatic N) is 2. The zero-order valence-electron chi connectivity index (χ0n) is 11.8. The van der Waals surface area contributed by atoms with Crippen LogP contribution in [-0.4, -0.2) is 18.1 Å². The van der Waals surface area contributed by atoms with E-state index in [9.17, 15) is 13.2 Å². The zero-order valence-corrected chi connectivity index (χ0v) is 11.8. The van der Waals surface area contributed by atoms with Crippen molar-refractivity contribution in [2.24, 2.45) is 5.41 Å². The fourth-order valence-electron chi connectivity index (χ4n) is 2.49. The number of aromatic nitrogens is 1. The highest BCUT2D eigenvalue weighted by atomic mass is 19.4. The number of hydrogen-bond acceptors (Lipinski definition) is 3. The molecule has 0 saturated carbocycles. The van der Waals surface area contributed by atoms with E-state index in [-0.39, 0.29) is 11.2 Å². The Labute approximate surface area is 117 Å². The average Bonchev–Trinajstić information content (AvgIpc) is 2.38. The van der Waals surface area contributed by atoms with Gasteiger partial charge < -0.3 is 10.6 Å². The summed E-state index contributed by atoms with van der Waals surface area (Å²) < 4.78 is 38.4. The highest BCUT2D eigenvalue weighted by molar-refractivity contribution is 5.49. The summed E-state index contributed by atoms with van der Waals surface area (Å²) in [6, 6.07) is 1.97. The van der Waals surface area contributed by atoms with Crippen molar-refractivity contribution in [1.82, 2.24) is 4.98 Å². The number of hydrogen-bond donors (Lipinski definition) is 1. The summed E-state index contributed by atoms with van der Waals surface area (Å²) in [5.41, 5.74) is 5.05. The summed E-state index contributed by atoms with van der Waals surface area (Å²) >= 11 is 0. The van der Waals surface area contributed by atoms with Crippen LogP contribution in [-0.2, 0) is 6.18 Å². The molecule has 0 amide bonds. The molecule has 1 aromatic rings. The molecule has 6 heteroatoms. The largest absolute Gasteiger partial charge is 0.416 e. The van der Waals surface area contributed by atoms with Crippen LogP contribution in [0.15, 0.2) is 12.1 Å². The van der Waals surface area contributed by atoms with Gasteiger partial charge in [-0.3, -0.25) is 0 Å². The Morgan fingerprint density at radius 1 is 1.30 bits per heavy atom. The van der Waals surface area contributed by atoms with Crippen LogP contribution in [0.25, 0.3) is 0 Å². The number of nitrogen functional groups attached to an aromatic ring is 1. The maximum absolute atomic E-state index is 12.8. The molecule has 3 nitrogen and oxygen atoms in total. The van der Waals surface area contributed by atoms with Gasteiger partial charge in [0.05, 0.1) is 5.56 Å². The van der Waals surface area contributed by atoms with Gasteiger partial charge in [-0.05, 0) is 30.4 Å². The first kappa shape index (κ1) is 14.9. The van der Waals surface area contributed by atoms with Crippen LogP contribution in [0, 0.1) is 5.41 Å². The van der Waals surface area contributed by atoms with Crippen molar-refractivity contribution in [3.8, 4) is 0 Å². The fraction of sp³-hybridized carbons (Fsp3) is 0.643. The van der Waals surface area contributed by atoms with E-state index in [4.69, 9.17) is 5.73 Å². The van der Waals surface area contributed by atoms with Crippen molar-refractivity contribution in [1.29, 1.82) is 0 Å². The quantitative estimate of drug-likeness (QED) is 0.902. The predicted octanol–water partition coefficient (Wildman–Crippen LogP) is 3.70. The van der Waals surface area contributed by atoms with Crippen LogP contribution in [0.1, 0.15) is 38.7 Å². The van der Waals surface area contributed by atoms with Crippen LogP contribution < -0.4 is 10.6 Å². The van der Waals surface area contributed by atoms with Gasteiger partial charge in [0.2, 0.25) is 0 Å². The van der Waals surface area contributed by atoms with E-state index in [0.29, 0.717) is 5.82 Å². The first-order chi connectivity index (χ1) is 9.23. The first-order valence-corrected chi connectivity index (χ1v) is 6.83. The van der Waals surface area contributed by atoms with Crippen LogP contribution in [0.3, 0.4) is 0 Å². The molecule has 0 radical (unpaired) electrons. The standard InChI is InChI=1S/C14H20F3N3/c1-3-13(2)4-6-20(7-5-13)12-9-10(14(15,16)17)8-11(18)19-12/h8-9H,3-7H2,1-2H3,(H2,18,19). The second-order valence-corrected chi connectivity index (χ2v) is 5.79. The lowest BCUT2D eigenvalue weighted by Crippen LogP contribution is -2.39. The summed E-state index contributed by atoms with van der Waals surface area (Å²) in [5, 5.41) is 0. The zero-order chi connectivity index (χ0) is 15.0. The van der Waals surface area contributed by atoms with E-state index >= 15 is 0 Å². The lowest BCUT2D eigenvalue weighted by molar-refractivity contribution is -0.137. The molecular formula is C14H20F3N3. The van der Waals surface area contributed by atoms with Gasteiger partial charge >= 0.3 is 6.18 Å². The van der Waals surface area contributed by atoms with Crippen molar-refractivity contribution < 1.29 is 13.2 Å². The minimum Gasteiger partial charge on any atom is -0.384 e. The molecule has 0 unspecified atom stereocenters. The summed E-state index contributed by atoms with van der Waals surface area (Å²) in [5.74, 6) is 0.245. The van der Waals surface area contributed by atoms with Crippen LogP contribution in [0.4, 0.5) is 24.8 Å². The molecule has 2 rings (SSSR count). The second-order valence-electron chi connectivity index (χ2n) is 5.79. The molecule has 1 aliphatic rings. The molecule has 0 atom stereocenters. The Kier molecular flexibility index (Phi) is 3.84. The molecule has 0 aliphatic carbocycles. The molecule has 2 N–H and O–H groups in total. The second kappa shape index (κ2) is 5.14. The normalized spacial score (nSPS) is 19.1. The van der Waals surface area contributed by atoms with Crippen LogP contribution >= 0.6 is 0 Å². The Morgan fingerprint density at radius 3 is 2.40 bits per heavy atom. The molecule has 2 heterocycles. The Morgan fingerprint density at radius 2 is 1.90 bits per heavy atom. The average molecular weight is 287 g/mol. The van der Waals surface area contributed by atoms with E-state index in [1.54, 1.807) is 0 Å². The van der Waals surface area contributed by atoms with Gasteiger partial charge in [0.25, 0.3) is 0 Å². The van der Waals surface area contributed by atoms with Gasteiger partial charge in [-0.15, -0.1) is 0 Å². The van der Waals surface area contributed by atoms with Crippen molar-refractivity contribution in [3.63, 3.8) is 0 Å². The number of alkyl halides is 3. The first-order valence-electron chi connectivity index (χ1n) is 6.83. The summed E-state index contributed by atoms with van der Waals surface area (Å²) in [7, 11) is 0.